The Hall–Kier alpha value is -2.54. The number of ether oxygens (including phenoxy) is 1. The van der Waals surface area contributed by atoms with Crippen LogP contribution >= 0.6 is 0 Å². The molecule has 4 rings (SSSR count). The maximum Gasteiger partial charge on any atom is 0.449 e. The number of benzene rings is 2. The van der Waals surface area contributed by atoms with E-state index in [1.165, 1.54) is 17.2 Å². The van der Waals surface area contributed by atoms with Crippen molar-refractivity contribution in [2.75, 3.05) is 20.2 Å². The highest BCUT2D eigenvalue weighted by molar-refractivity contribution is 5.78. The fourth-order valence-electron chi connectivity index (χ4n) is 3.95. The van der Waals surface area contributed by atoms with Crippen LogP contribution in [-0.2, 0) is 12.7 Å². The molecule has 2 aromatic carbocycles. The van der Waals surface area contributed by atoms with Crippen molar-refractivity contribution >= 4 is 11.0 Å². The summed E-state index contributed by atoms with van der Waals surface area (Å²) in [5.41, 5.74) is 2.05. The Morgan fingerprint density at radius 3 is 2.43 bits per heavy atom. The second-order valence-electron chi connectivity index (χ2n) is 7.15. The second-order valence-corrected chi connectivity index (χ2v) is 7.15. The molecule has 0 radical (unpaired) electrons. The number of imidazole rings is 1. The first-order valence-electron chi connectivity index (χ1n) is 9.35. The molecule has 1 aromatic heterocycles. The predicted molar refractivity (Wildman–Crippen MR) is 101 cm³/mol. The molecule has 0 bridgehead atoms. The Labute approximate surface area is 161 Å². The molecule has 0 unspecified atom stereocenters. The van der Waals surface area contributed by atoms with Crippen molar-refractivity contribution < 1.29 is 17.9 Å². The van der Waals surface area contributed by atoms with Crippen LogP contribution in [0.2, 0.25) is 0 Å². The number of fused-ring (bicyclic) bond motifs is 1. The van der Waals surface area contributed by atoms with E-state index in [0.29, 0.717) is 29.6 Å². The van der Waals surface area contributed by atoms with Crippen LogP contribution in [-0.4, -0.2) is 34.7 Å². The molecule has 1 aliphatic rings. The smallest absolute Gasteiger partial charge is 0.449 e. The average molecular weight is 389 g/mol. The van der Waals surface area contributed by atoms with Gasteiger partial charge in [-0.25, -0.2) is 4.98 Å². The Morgan fingerprint density at radius 1 is 1.07 bits per heavy atom. The molecule has 0 amide bonds. The first kappa shape index (κ1) is 18.8. The Morgan fingerprint density at radius 2 is 1.79 bits per heavy atom. The topological polar surface area (TPSA) is 30.3 Å². The van der Waals surface area contributed by atoms with Gasteiger partial charge in [0.25, 0.3) is 0 Å². The number of rotatable bonds is 4. The standard InChI is InChI=1S/C21H22F3N3O/c1-28-17-7-8-19-18(13-17)25-20(21(22,23)24)27(19)16-9-11-26(12-10-16)14-15-5-3-2-4-6-15/h2-8,13,16H,9-12,14H2,1H3. The minimum Gasteiger partial charge on any atom is -0.497 e. The minimum absolute atomic E-state index is 0.220. The zero-order chi connectivity index (χ0) is 19.7. The molecule has 0 aliphatic carbocycles. The second kappa shape index (κ2) is 7.47. The van der Waals surface area contributed by atoms with Gasteiger partial charge < -0.3 is 9.30 Å². The van der Waals surface area contributed by atoms with Gasteiger partial charge in [0, 0.05) is 31.7 Å². The van der Waals surface area contributed by atoms with E-state index in [9.17, 15) is 13.2 Å². The highest BCUT2D eigenvalue weighted by atomic mass is 19.4. The number of halogens is 3. The highest BCUT2D eigenvalue weighted by Crippen LogP contribution is 2.37. The Kier molecular flexibility index (Phi) is 5.02. The zero-order valence-corrected chi connectivity index (χ0v) is 15.6. The minimum atomic E-state index is -4.49. The van der Waals surface area contributed by atoms with Gasteiger partial charge in [-0.2, -0.15) is 13.2 Å². The number of piperidine rings is 1. The van der Waals surface area contributed by atoms with E-state index in [1.54, 1.807) is 18.2 Å². The quantitative estimate of drug-likeness (QED) is 0.636. The first-order chi connectivity index (χ1) is 13.5. The van der Waals surface area contributed by atoms with Crippen LogP contribution in [0.15, 0.2) is 48.5 Å². The average Bonchev–Trinajstić information content (AvgIpc) is 3.08. The van der Waals surface area contributed by atoms with Gasteiger partial charge in [0.2, 0.25) is 5.82 Å². The first-order valence-corrected chi connectivity index (χ1v) is 9.35. The van der Waals surface area contributed by atoms with Gasteiger partial charge in [-0.1, -0.05) is 30.3 Å². The fraction of sp³-hybridized carbons (Fsp3) is 0.381. The largest absolute Gasteiger partial charge is 0.497 e. The maximum atomic E-state index is 13.7. The third kappa shape index (κ3) is 3.71. The molecule has 1 fully saturated rings. The number of nitrogens with zero attached hydrogens (tertiary/aromatic N) is 3. The Bertz CT molecular complexity index is 945. The van der Waals surface area contributed by atoms with Gasteiger partial charge in [-0.15, -0.1) is 0 Å². The SMILES string of the molecule is COc1ccc2c(c1)nc(C(F)(F)F)n2C1CCN(Cc2ccccc2)CC1. The number of hydrogen-bond donors (Lipinski definition) is 0. The summed E-state index contributed by atoms with van der Waals surface area (Å²) in [6.45, 7) is 2.33. The van der Waals surface area contributed by atoms with Gasteiger partial charge in [-0.05, 0) is 30.5 Å². The van der Waals surface area contributed by atoms with E-state index in [0.717, 1.165) is 19.6 Å². The molecule has 0 spiro atoms. The molecule has 1 aliphatic heterocycles. The van der Waals surface area contributed by atoms with Gasteiger partial charge in [0.05, 0.1) is 18.1 Å². The van der Waals surface area contributed by atoms with Crippen molar-refractivity contribution in [1.29, 1.82) is 0 Å². The van der Waals surface area contributed by atoms with Crippen molar-refractivity contribution in [3.05, 3.63) is 59.9 Å². The molecule has 3 aromatic rings. The van der Waals surface area contributed by atoms with E-state index in [2.05, 4.69) is 22.0 Å². The normalized spacial score (nSPS) is 16.6. The van der Waals surface area contributed by atoms with Crippen LogP contribution in [0.4, 0.5) is 13.2 Å². The van der Waals surface area contributed by atoms with Crippen molar-refractivity contribution in [2.24, 2.45) is 0 Å². The van der Waals surface area contributed by atoms with E-state index in [1.807, 2.05) is 18.2 Å². The fourth-order valence-corrected chi connectivity index (χ4v) is 3.95. The summed E-state index contributed by atoms with van der Waals surface area (Å²) >= 11 is 0. The number of aromatic nitrogens is 2. The summed E-state index contributed by atoms with van der Waals surface area (Å²) in [5, 5.41) is 0. The van der Waals surface area contributed by atoms with Crippen LogP contribution in [0.5, 0.6) is 5.75 Å². The number of likely N-dealkylation sites (tertiary alicyclic amines) is 1. The Balaban J connectivity index is 1.59. The number of hydrogen-bond acceptors (Lipinski definition) is 3. The molecular weight excluding hydrogens is 367 g/mol. The van der Waals surface area contributed by atoms with Crippen LogP contribution in [0.3, 0.4) is 0 Å². The van der Waals surface area contributed by atoms with Crippen molar-refractivity contribution in [3.8, 4) is 5.75 Å². The van der Waals surface area contributed by atoms with Crippen LogP contribution in [0.1, 0.15) is 30.3 Å². The van der Waals surface area contributed by atoms with Gasteiger partial charge in [0.15, 0.2) is 0 Å². The molecule has 7 heteroatoms. The molecule has 0 N–H and O–H groups in total. The molecular formula is C21H22F3N3O. The monoisotopic (exact) mass is 389 g/mol. The summed E-state index contributed by atoms with van der Waals surface area (Å²) in [4.78, 5) is 6.19. The third-order valence-electron chi connectivity index (χ3n) is 5.32. The lowest BCUT2D eigenvalue weighted by Gasteiger charge is -2.33. The van der Waals surface area contributed by atoms with Crippen LogP contribution < -0.4 is 4.74 Å². The predicted octanol–water partition coefficient (Wildman–Crippen LogP) is 4.90. The van der Waals surface area contributed by atoms with Crippen molar-refractivity contribution in [1.82, 2.24) is 14.5 Å². The molecule has 1 saturated heterocycles. The summed E-state index contributed by atoms with van der Waals surface area (Å²) in [7, 11) is 1.49. The van der Waals surface area contributed by atoms with Crippen LogP contribution in [0.25, 0.3) is 11.0 Å². The van der Waals surface area contributed by atoms with Crippen molar-refractivity contribution in [2.45, 2.75) is 31.6 Å². The molecule has 4 nitrogen and oxygen atoms in total. The number of alkyl halides is 3. The molecule has 148 valence electrons. The molecule has 2 heterocycles. The summed E-state index contributed by atoms with van der Waals surface area (Å²) in [5.74, 6) is -0.319. The third-order valence-corrected chi connectivity index (χ3v) is 5.32. The van der Waals surface area contributed by atoms with Crippen molar-refractivity contribution in [3.63, 3.8) is 0 Å². The summed E-state index contributed by atoms with van der Waals surface area (Å²) < 4.78 is 47.5. The van der Waals surface area contributed by atoms with E-state index >= 15 is 0 Å². The maximum absolute atomic E-state index is 13.7. The molecule has 0 saturated carbocycles. The van der Waals surface area contributed by atoms with Gasteiger partial charge in [-0.3, -0.25) is 4.90 Å². The lowest BCUT2D eigenvalue weighted by molar-refractivity contribution is -0.148. The molecule has 28 heavy (non-hydrogen) atoms. The lowest BCUT2D eigenvalue weighted by Crippen LogP contribution is -2.35. The van der Waals surface area contributed by atoms with E-state index in [-0.39, 0.29) is 6.04 Å². The van der Waals surface area contributed by atoms with Gasteiger partial charge >= 0.3 is 6.18 Å². The number of methoxy groups -OCH3 is 1. The van der Waals surface area contributed by atoms with Crippen LogP contribution in [0, 0.1) is 0 Å². The highest BCUT2D eigenvalue weighted by Gasteiger charge is 2.40. The molecule has 0 atom stereocenters. The van der Waals surface area contributed by atoms with E-state index < -0.39 is 12.0 Å². The lowest BCUT2D eigenvalue weighted by atomic mass is 10.0. The van der Waals surface area contributed by atoms with E-state index in [4.69, 9.17) is 4.74 Å². The summed E-state index contributed by atoms with van der Waals surface area (Å²) in [6.07, 6.45) is -3.17. The van der Waals surface area contributed by atoms with Gasteiger partial charge in [0.1, 0.15) is 5.75 Å². The zero-order valence-electron chi connectivity index (χ0n) is 15.6. The summed E-state index contributed by atoms with van der Waals surface area (Å²) in [6, 6.07) is 14.8.